The average molecular weight is 276 g/mol. The maximum atomic E-state index is 3.72. The van der Waals surface area contributed by atoms with Crippen molar-refractivity contribution in [1.82, 2.24) is 0 Å². The van der Waals surface area contributed by atoms with Crippen LogP contribution in [0.25, 0.3) is 0 Å². The van der Waals surface area contributed by atoms with Gasteiger partial charge in [-0.15, -0.1) is 8.86 Å². The predicted octanol–water partition coefficient (Wildman–Crippen LogP) is 5.91. The van der Waals surface area contributed by atoms with E-state index < -0.39 is 0 Å². The summed E-state index contributed by atoms with van der Waals surface area (Å²) >= 11 is 0. The van der Waals surface area contributed by atoms with Gasteiger partial charge in [0.25, 0.3) is 0 Å². The highest BCUT2D eigenvalue weighted by molar-refractivity contribution is 7.22. The summed E-state index contributed by atoms with van der Waals surface area (Å²) in [5.41, 5.74) is 2.83. The summed E-state index contributed by atoms with van der Waals surface area (Å²) in [4.78, 5) is 0. The van der Waals surface area contributed by atoms with Crippen LogP contribution in [0.2, 0.25) is 0 Å². The summed E-state index contributed by atoms with van der Waals surface area (Å²) in [7, 11) is 3.72. The Balaban J connectivity index is 2.58. The van der Waals surface area contributed by atoms with E-state index in [9.17, 15) is 0 Å². The first-order valence-corrected chi connectivity index (χ1v) is 8.37. The van der Waals surface area contributed by atoms with Gasteiger partial charge in [-0.05, 0) is 41.6 Å². The number of rotatable bonds is 9. The molecule has 1 aromatic rings. The lowest BCUT2D eigenvalue weighted by atomic mass is 9.91. The Morgan fingerprint density at radius 1 is 1.05 bits per heavy atom. The van der Waals surface area contributed by atoms with E-state index in [1.807, 2.05) is 0 Å². The van der Waals surface area contributed by atoms with Crippen LogP contribution in [0.1, 0.15) is 70.4 Å². The predicted molar refractivity (Wildman–Crippen MR) is 90.8 cm³/mol. The summed E-state index contributed by atoms with van der Waals surface area (Å²) in [6.45, 7) is 6.79. The second kappa shape index (κ2) is 9.32. The highest BCUT2D eigenvalue weighted by Crippen LogP contribution is 2.21. The van der Waals surface area contributed by atoms with Crippen molar-refractivity contribution in [2.75, 3.05) is 0 Å². The Kier molecular flexibility index (Phi) is 8.07. The lowest BCUT2D eigenvalue weighted by Gasteiger charge is -2.15. The van der Waals surface area contributed by atoms with Crippen molar-refractivity contribution >= 4 is 14.2 Å². The van der Waals surface area contributed by atoms with Crippen LogP contribution in [0.15, 0.2) is 24.3 Å². The molecule has 0 aliphatic carbocycles. The lowest BCUT2D eigenvalue weighted by Crippen LogP contribution is -2.03. The maximum Gasteiger partial charge on any atom is -0.0182 e. The highest BCUT2D eigenvalue weighted by Gasteiger charge is 2.07. The molecule has 0 radical (unpaired) electrons. The van der Waals surface area contributed by atoms with Gasteiger partial charge in [0, 0.05) is 0 Å². The molecule has 0 atom stereocenters. The molecule has 0 saturated heterocycles. The van der Waals surface area contributed by atoms with Crippen LogP contribution in [-0.4, -0.2) is 5.29 Å². The van der Waals surface area contributed by atoms with Crippen LogP contribution in [0.3, 0.4) is 0 Å². The molecule has 0 aliphatic heterocycles. The SMILES string of the molecule is CCCC(CCC)CCc1cccc(C(=P)CC)c1. The van der Waals surface area contributed by atoms with Gasteiger partial charge >= 0.3 is 0 Å². The molecule has 1 heteroatoms. The van der Waals surface area contributed by atoms with Gasteiger partial charge < -0.3 is 0 Å². The van der Waals surface area contributed by atoms with Crippen molar-refractivity contribution in [1.29, 1.82) is 0 Å². The molecule has 0 unspecified atom stereocenters. The van der Waals surface area contributed by atoms with Gasteiger partial charge in [-0.1, -0.05) is 70.7 Å². The molecule has 0 heterocycles. The van der Waals surface area contributed by atoms with Crippen LogP contribution in [0.5, 0.6) is 0 Å². The van der Waals surface area contributed by atoms with Gasteiger partial charge in [0.1, 0.15) is 0 Å². The van der Waals surface area contributed by atoms with Crippen molar-refractivity contribution in [3.63, 3.8) is 0 Å². The van der Waals surface area contributed by atoms with E-state index in [-0.39, 0.29) is 0 Å². The lowest BCUT2D eigenvalue weighted by molar-refractivity contribution is 0.411. The van der Waals surface area contributed by atoms with Crippen molar-refractivity contribution in [3.05, 3.63) is 35.4 Å². The summed E-state index contributed by atoms with van der Waals surface area (Å²) in [5, 5.41) is 1.31. The van der Waals surface area contributed by atoms with E-state index in [1.165, 1.54) is 54.9 Å². The molecule has 19 heavy (non-hydrogen) atoms. The van der Waals surface area contributed by atoms with E-state index in [1.54, 1.807) is 0 Å². The molecule has 0 fully saturated rings. The molecule has 0 N–H and O–H groups in total. The second-order valence-corrected chi connectivity index (χ2v) is 6.12. The first kappa shape index (κ1) is 16.4. The monoisotopic (exact) mass is 276 g/mol. The summed E-state index contributed by atoms with van der Waals surface area (Å²) in [6.07, 6.45) is 9.04. The largest absolute Gasteiger partial charge is 0.118 e. The van der Waals surface area contributed by atoms with Crippen LogP contribution < -0.4 is 0 Å². The standard InChI is InChI=1S/C18H29P/c1-4-8-15(9-5-2)12-13-16-10-7-11-17(14-16)18(19)6-3/h7,10-11,14-15,19H,4-6,8-9,12-13H2,1-3H3. The zero-order valence-electron chi connectivity index (χ0n) is 12.8. The van der Waals surface area contributed by atoms with Gasteiger partial charge in [0.15, 0.2) is 0 Å². The molecule has 106 valence electrons. The fourth-order valence-corrected chi connectivity index (χ4v) is 2.89. The maximum absolute atomic E-state index is 3.72. The topological polar surface area (TPSA) is 0 Å². The molecular weight excluding hydrogens is 247 g/mol. The fourth-order valence-electron chi connectivity index (χ4n) is 2.74. The Morgan fingerprint density at radius 3 is 2.32 bits per heavy atom. The fraction of sp³-hybridized carbons (Fsp3) is 0.611. The Morgan fingerprint density at radius 2 is 1.74 bits per heavy atom. The Bertz CT molecular complexity index is 375. The normalized spacial score (nSPS) is 10.9. The summed E-state index contributed by atoms with van der Waals surface area (Å²) in [5.74, 6) is 0.914. The number of hydrogen-bond donors (Lipinski definition) is 0. The zero-order valence-corrected chi connectivity index (χ0v) is 13.8. The first-order valence-electron chi connectivity index (χ1n) is 7.87. The number of hydrogen-bond acceptors (Lipinski definition) is 0. The van der Waals surface area contributed by atoms with Crippen LogP contribution in [0.4, 0.5) is 0 Å². The van der Waals surface area contributed by atoms with Crippen LogP contribution >= 0.6 is 8.86 Å². The number of benzene rings is 1. The number of aryl methyl sites for hydroxylation is 1. The molecule has 1 rings (SSSR count). The van der Waals surface area contributed by atoms with Crippen LogP contribution in [0, 0.1) is 5.92 Å². The van der Waals surface area contributed by atoms with E-state index in [2.05, 4.69) is 53.9 Å². The van der Waals surface area contributed by atoms with E-state index in [0.29, 0.717) is 0 Å². The minimum Gasteiger partial charge on any atom is -0.118 e. The van der Waals surface area contributed by atoms with E-state index >= 15 is 0 Å². The molecule has 1 aromatic carbocycles. The molecule has 0 bridgehead atoms. The molecule has 0 aromatic heterocycles. The molecule has 0 spiro atoms. The van der Waals surface area contributed by atoms with Crippen molar-refractivity contribution in [2.45, 2.75) is 65.7 Å². The third kappa shape index (κ3) is 5.91. The second-order valence-electron chi connectivity index (χ2n) is 5.51. The van der Waals surface area contributed by atoms with Gasteiger partial charge in [-0.3, -0.25) is 0 Å². The van der Waals surface area contributed by atoms with Gasteiger partial charge in [-0.25, -0.2) is 0 Å². The third-order valence-corrected chi connectivity index (χ3v) is 4.51. The van der Waals surface area contributed by atoms with Gasteiger partial charge in [-0.2, -0.15) is 0 Å². The molecule has 0 nitrogen and oxygen atoms in total. The summed E-state index contributed by atoms with van der Waals surface area (Å²) in [6, 6.07) is 9.01. The zero-order chi connectivity index (χ0) is 14.1. The van der Waals surface area contributed by atoms with Gasteiger partial charge in [0.2, 0.25) is 0 Å². The molecule has 0 amide bonds. The van der Waals surface area contributed by atoms with Crippen LogP contribution in [-0.2, 0) is 6.42 Å². The minimum absolute atomic E-state index is 0.914. The quantitative estimate of drug-likeness (QED) is 0.492. The third-order valence-electron chi connectivity index (χ3n) is 3.86. The molecule has 0 aliphatic rings. The Hall–Kier alpha value is -0.610. The van der Waals surface area contributed by atoms with Crippen molar-refractivity contribution in [3.8, 4) is 0 Å². The highest BCUT2D eigenvalue weighted by atomic mass is 31.0. The summed E-state index contributed by atoms with van der Waals surface area (Å²) < 4.78 is 0. The van der Waals surface area contributed by atoms with E-state index in [4.69, 9.17) is 0 Å². The van der Waals surface area contributed by atoms with Crippen molar-refractivity contribution in [2.24, 2.45) is 5.92 Å². The first-order chi connectivity index (χ1) is 9.21. The minimum atomic E-state index is 0.914. The average Bonchev–Trinajstić information content (AvgIpc) is 2.44. The van der Waals surface area contributed by atoms with Crippen molar-refractivity contribution < 1.29 is 0 Å². The molecular formula is C18H29P. The smallest absolute Gasteiger partial charge is 0.0182 e. The van der Waals surface area contributed by atoms with Gasteiger partial charge in [0.05, 0.1) is 0 Å². The molecule has 0 saturated carbocycles. The Labute approximate surface area is 121 Å². The van der Waals surface area contributed by atoms with E-state index in [0.717, 1.165) is 12.3 Å².